The minimum absolute atomic E-state index is 0.194. The lowest BCUT2D eigenvalue weighted by molar-refractivity contribution is -0.117. The third-order valence-electron chi connectivity index (χ3n) is 2.35. The molecule has 0 spiro atoms. The van der Waals surface area contributed by atoms with Crippen molar-refractivity contribution in [2.24, 2.45) is 0 Å². The van der Waals surface area contributed by atoms with Gasteiger partial charge in [0.2, 0.25) is 5.91 Å². The molecule has 0 N–H and O–H groups in total. The second kappa shape index (κ2) is 3.42. The zero-order valence-corrected chi connectivity index (χ0v) is 8.53. The van der Waals surface area contributed by atoms with Gasteiger partial charge in [-0.2, -0.15) is 0 Å². The SMILES string of the molecule is CN(C)CN1C(=O)Cc2ccccc21. The highest BCUT2D eigenvalue weighted by Gasteiger charge is 2.26. The van der Waals surface area contributed by atoms with Gasteiger partial charge in [-0.3, -0.25) is 14.6 Å². The van der Waals surface area contributed by atoms with E-state index in [0.717, 1.165) is 11.3 Å². The molecule has 1 aliphatic heterocycles. The average Bonchev–Trinajstić information content (AvgIpc) is 2.43. The lowest BCUT2D eigenvalue weighted by Gasteiger charge is -2.21. The molecule has 0 unspecified atom stereocenters. The van der Waals surface area contributed by atoms with Gasteiger partial charge in [0.15, 0.2) is 0 Å². The molecule has 0 saturated heterocycles. The molecule has 1 aromatic carbocycles. The van der Waals surface area contributed by atoms with Gasteiger partial charge in [-0.1, -0.05) is 18.2 Å². The molecule has 2 rings (SSSR count). The van der Waals surface area contributed by atoms with E-state index in [0.29, 0.717) is 13.1 Å². The molecule has 0 radical (unpaired) electrons. The number of nitrogens with zero attached hydrogens (tertiary/aromatic N) is 2. The molecule has 0 atom stereocenters. The minimum atomic E-state index is 0.194. The third kappa shape index (κ3) is 1.51. The molecule has 3 heteroatoms. The fourth-order valence-electron chi connectivity index (χ4n) is 1.75. The summed E-state index contributed by atoms with van der Waals surface area (Å²) in [5.74, 6) is 0.194. The Morgan fingerprint density at radius 3 is 2.79 bits per heavy atom. The zero-order valence-electron chi connectivity index (χ0n) is 8.53. The van der Waals surface area contributed by atoms with E-state index in [1.807, 2.05) is 48.2 Å². The summed E-state index contributed by atoms with van der Waals surface area (Å²) in [5.41, 5.74) is 2.20. The molecular formula is C11H14N2O. The van der Waals surface area contributed by atoms with Crippen LogP contribution in [0.15, 0.2) is 24.3 Å². The monoisotopic (exact) mass is 190 g/mol. The molecule has 74 valence electrons. The summed E-state index contributed by atoms with van der Waals surface area (Å²) in [4.78, 5) is 15.5. The first kappa shape index (κ1) is 9.21. The maximum atomic E-state index is 11.7. The Morgan fingerprint density at radius 2 is 2.07 bits per heavy atom. The van der Waals surface area contributed by atoms with Gasteiger partial charge in [0.1, 0.15) is 0 Å². The Morgan fingerprint density at radius 1 is 1.36 bits per heavy atom. The first-order valence-electron chi connectivity index (χ1n) is 4.71. The molecule has 3 nitrogen and oxygen atoms in total. The summed E-state index contributed by atoms with van der Waals surface area (Å²) < 4.78 is 0. The van der Waals surface area contributed by atoms with Crippen LogP contribution in [0.1, 0.15) is 5.56 Å². The Balaban J connectivity index is 2.30. The van der Waals surface area contributed by atoms with Gasteiger partial charge in [0, 0.05) is 5.69 Å². The van der Waals surface area contributed by atoms with Crippen molar-refractivity contribution in [2.75, 3.05) is 25.7 Å². The van der Waals surface area contributed by atoms with Crippen LogP contribution in [0.3, 0.4) is 0 Å². The van der Waals surface area contributed by atoms with Gasteiger partial charge in [0.25, 0.3) is 0 Å². The Hall–Kier alpha value is -1.35. The number of benzene rings is 1. The van der Waals surface area contributed by atoms with Gasteiger partial charge in [-0.15, -0.1) is 0 Å². The Bertz CT molecular complexity index is 360. The fourth-order valence-corrected chi connectivity index (χ4v) is 1.75. The quantitative estimate of drug-likeness (QED) is 0.697. The molecule has 0 aliphatic carbocycles. The first-order valence-corrected chi connectivity index (χ1v) is 4.71. The van der Waals surface area contributed by atoms with Gasteiger partial charge in [-0.25, -0.2) is 0 Å². The molecule has 14 heavy (non-hydrogen) atoms. The van der Waals surface area contributed by atoms with Crippen LogP contribution in [0.5, 0.6) is 0 Å². The van der Waals surface area contributed by atoms with Gasteiger partial charge >= 0.3 is 0 Å². The van der Waals surface area contributed by atoms with Crippen LogP contribution < -0.4 is 4.90 Å². The van der Waals surface area contributed by atoms with E-state index in [1.165, 1.54) is 0 Å². The molecule has 1 amide bonds. The molecule has 0 fully saturated rings. The summed E-state index contributed by atoms with van der Waals surface area (Å²) in [6.45, 7) is 0.663. The topological polar surface area (TPSA) is 23.6 Å². The second-order valence-electron chi connectivity index (χ2n) is 3.85. The van der Waals surface area contributed by atoms with Crippen molar-refractivity contribution in [3.05, 3.63) is 29.8 Å². The molecular weight excluding hydrogens is 176 g/mol. The standard InChI is InChI=1S/C11H14N2O/c1-12(2)8-13-10-6-4-3-5-9(10)7-11(13)14/h3-6H,7-8H2,1-2H3. The zero-order chi connectivity index (χ0) is 10.1. The smallest absolute Gasteiger partial charge is 0.232 e. The summed E-state index contributed by atoms with van der Waals surface area (Å²) >= 11 is 0. The van der Waals surface area contributed by atoms with Crippen LogP contribution in [0.2, 0.25) is 0 Å². The average molecular weight is 190 g/mol. The highest BCUT2D eigenvalue weighted by Crippen LogP contribution is 2.27. The van der Waals surface area contributed by atoms with Crippen molar-refractivity contribution >= 4 is 11.6 Å². The summed E-state index contributed by atoms with van der Waals surface area (Å²) in [6, 6.07) is 7.97. The summed E-state index contributed by atoms with van der Waals surface area (Å²) in [5, 5.41) is 0. The number of rotatable bonds is 2. The number of fused-ring (bicyclic) bond motifs is 1. The van der Waals surface area contributed by atoms with Crippen LogP contribution in [0.25, 0.3) is 0 Å². The molecule has 0 aromatic heterocycles. The molecule has 0 bridgehead atoms. The minimum Gasteiger partial charge on any atom is -0.298 e. The van der Waals surface area contributed by atoms with Crippen LogP contribution in [0, 0.1) is 0 Å². The predicted molar refractivity (Wildman–Crippen MR) is 56.2 cm³/mol. The maximum absolute atomic E-state index is 11.7. The Kier molecular flexibility index (Phi) is 2.25. The van der Waals surface area contributed by atoms with Crippen LogP contribution in [-0.2, 0) is 11.2 Å². The van der Waals surface area contributed by atoms with E-state index in [2.05, 4.69) is 0 Å². The first-order chi connectivity index (χ1) is 6.68. The number of hydrogen-bond acceptors (Lipinski definition) is 2. The highest BCUT2D eigenvalue weighted by molar-refractivity contribution is 6.01. The van der Waals surface area contributed by atoms with Gasteiger partial charge in [-0.05, 0) is 25.7 Å². The van der Waals surface area contributed by atoms with Gasteiger partial charge < -0.3 is 0 Å². The molecule has 1 aliphatic rings. The highest BCUT2D eigenvalue weighted by atomic mass is 16.2. The predicted octanol–water partition coefficient (Wildman–Crippen LogP) is 1.09. The van der Waals surface area contributed by atoms with E-state index < -0.39 is 0 Å². The lowest BCUT2D eigenvalue weighted by Crippen LogP contribution is -2.35. The van der Waals surface area contributed by atoms with E-state index in [4.69, 9.17) is 0 Å². The van der Waals surface area contributed by atoms with Crippen molar-refractivity contribution in [2.45, 2.75) is 6.42 Å². The van der Waals surface area contributed by atoms with Crippen LogP contribution in [-0.4, -0.2) is 31.6 Å². The van der Waals surface area contributed by atoms with Crippen molar-refractivity contribution < 1.29 is 4.79 Å². The summed E-state index contributed by atoms with van der Waals surface area (Å²) in [6.07, 6.45) is 0.546. The molecule has 0 saturated carbocycles. The second-order valence-corrected chi connectivity index (χ2v) is 3.85. The van der Waals surface area contributed by atoms with Crippen molar-refractivity contribution in [1.29, 1.82) is 0 Å². The largest absolute Gasteiger partial charge is 0.298 e. The number of anilines is 1. The number of para-hydroxylation sites is 1. The third-order valence-corrected chi connectivity index (χ3v) is 2.35. The fraction of sp³-hybridized carbons (Fsp3) is 0.364. The van der Waals surface area contributed by atoms with E-state index in [-0.39, 0.29) is 5.91 Å². The van der Waals surface area contributed by atoms with Crippen molar-refractivity contribution in [3.63, 3.8) is 0 Å². The van der Waals surface area contributed by atoms with E-state index in [9.17, 15) is 4.79 Å². The van der Waals surface area contributed by atoms with E-state index in [1.54, 1.807) is 0 Å². The molecule has 1 aromatic rings. The normalized spacial score (nSPS) is 15.1. The summed E-state index contributed by atoms with van der Waals surface area (Å²) in [7, 11) is 3.93. The lowest BCUT2D eigenvalue weighted by atomic mass is 10.2. The van der Waals surface area contributed by atoms with E-state index >= 15 is 0 Å². The van der Waals surface area contributed by atoms with Crippen molar-refractivity contribution in [1.82, 2.24) is 4.90 Å². The van der Waals surface area contributed by atoms with Crippen LogP contribution in [0.4, 0.5) is 5.69 Å². The van der Waals surface area contributed by atoms with Crippen molar-refractivity contribution in [3.8, 4) is 0 Å². The molecule has 1 heterocycles. The number of carbonyl (C=O) groups excluding carboxylic acids is 1. The number of carbonyl (C=O) groups is 1. The number of amides is 1. The number of hydrogen-bond donors (Lipinski definition) is 0. The Labute approximate surface area is 83.9 Å². The maximum Gasteiger partial charge on any atom is 0.232 e. The van der Waals surface area contributed by atoms with Gasteiger partial charge in [0.05, 0.1) is 13.1 Å². The van der Waals surface area contributed by atoms with Crippen LogP contribution >= 0.6 is 0 Å².